The predicted octanol–water partition coefficient (Wildman–Crippen LogP) is 0.998. The van der Waals surface area contributed by atoms with E-state index in [9.17, 15) is 9.59 Å². The third kappa shape index (κ3) is 2.47. The van der Waals surface area contributed by atoms with E-state index >= 15 is 0 Å². The van der Waals surface area contributed by atoms with Gasteiger partial charge in [0, 0.05) is 13.1 Å². The molecule has 1 amide bonds. The van der Waals surface area contributed by atoms with Gasteiger partial charge in [0.15, 0.2) is 0 Å². The van der Waals surface area contributed by atoms with Crippen molar-refractivity contribution < 1.29 is 14.7 Å². The van der Waals surface area contributed by atoms with Crippen LogP contribution < -0.4 is 0 Å². The molecule has 0 bridgehead atoms. The zero-order valence-electron chi connectivity index (χ0n) is 11.4. The summed E-state index contributed by atoms with van der Waals surface area (Å²) in [5.74, 6) is -1.12. The van der Waals surface area contributed by atoms with Crippen molar-refractivity contribution in [3.63, 3.8) is 0 Å². The van der Waals surface area contributed by atoms with Crippen molar-refractivity contribution in [3.05, 3.63) is 23.8 Å². The smallest absolute Gasteiger partial charge is 0.338 e. The summed E-state index contributed by atoms with van der Waals surface area (Å²) < 4.78 is 1.43. The van der Waals surface area contributed by atoms with E-state index in [4.69, 9.17) is 5.11 Å². The monoisotopic (exact) mass is 276 g/mol. The summed E-state index contributed by atoms with van der Waals surface area (Å²) in [4.78, 5) is 24.8. The molecule has 0 saturated carbocycles. The first-order chi connectivity index (χ1) is 9.58. The summed E-state index contributed by atoms with van der Waals surface area (Å²) in [6.45, 7) is 5.12. The molecule has 7 heteroatoms. The topological polar surface area (TPSA) is 88.3 Å². The molecular formula is C13H16N4O3. The van der Waals surface area contributed by atoms with E-state index in [0.29, 0.717) is 24.1 Å². The number of aromatic nitrogens is 3. The van der Waals surface area contributed by atoms with Gasteiger partial charge in [-0.25, -0.2) is 9.48 Å². The molecule has 1 aromatic carbocycles. The van der Waals surface area contributed by atoms with Gasteiger partial charge in [0.1, 0.15) is 12.1 Å². The fourth-order valence-electron chi connectivity index (χ4n) is 2.09. The van der Waals surface area contributed by atoms with Crippen LogP contribution in [-0.4, -0.2) is 50.0 Å². The number of likely N-dealkylation sites (N-methyl/N-ethyl adjacent to an activating group) is 1. The van der Waals surface area contributed by atoms with Crippen LogP contribution in [0, 0.1) is 0 Å². The Morgan fingerprint density at radius 2 is 2.00 bits per heavy atom. The number of carbonyl (C=O) groups excluding carboxylic acids is 1. The van der Waals surface area contributed by atoms with Gasteiger partial charge in [-0.15, -0.1) is 5.10 Å². The molecule has 0 fully saturated rings. The summed E-state index contributed by atoms with van der Waals surface area (Å²) in [5, 5.41) is 16.8. The highest BCUT2D eigenvalue weighted by Gasteiger charge is 2.16. The van der Waals surface area contributed by atoms with E-state index in [2.05, 4.69) is 10.3 Å². The van der Waals surface area contributed by atoms with Gasteiger partial charge in [0.25, 0.3) is 0 Å². The Kier molecular flexibility index (Phi) is 3.97. The molecule has 0 saturated heterocycles. The van der Waals surface area contributed by atoms with Crippen LogP contribution in [0.15, 0.2) is 18.2 Å². The number of nitrogens with zero attached hydrogens (tertiary/aromatic N) is 4. The standard InChI is InChI=1S/C13H16N4O3/c1-3-16(4-2)11(18)8-17-10-7-5-6-9(13(19)20)12(10)14-15-17/h5-7H,3-4,8H2,1-2H3,(H,19,20). The Morgan fingerprint density at radius 1 is 1.30 bits per heavy atom. The lowest BCUT2D eigenvalue weighted by Gasteiger charge is -2.18. The molecule has 20 heavy (non-hydrogen) atoms. The van der Waals surface area contributed by atoms with Crippen LogP contribution in [-0.2, 0) is 11.3 Å². The summed E-state index contributed by atoms with van der Waals surface area (Å²) >= 11 is 0. The fraction of sp³-hybridized carbons (Fsp3) is 0.385. The second kappa shape index (κ2) is 5.68. The molecule has 2 rings (SSSR count). The summed E-state index contributed by atoms with van der Waals surface area (Å²) in [7, 11) is 0. The second-order valence-corrected chi connectivity index (χ2v) is 4.29. The maximum absolute atomic E-state index is 12.1. The van der Waals surface area contributed by atoms with Crippen LogP contribution in [0.25, 0.3) is 11.0 Å². The number of carbonyl (C=O) groups is 2. The lowest BCUT2D eigenvalue weighted by Crippen LogP contribution is -2.33. The van der Waals surface area contributed by atoms with E-state index < -0.39 is 5.97 Å². The van der Waals surface area contributed by atoms with Crippen molar-refractivity contribution >= 4 is 22.9 Å². The normalized spacial score (nSPS) is 10.7. The Hall–Kier alpha value is -2.44. The van der Waals surface area contributed by atoms with E-state index in [0.717, 1.165) is 0 Å². The van der Waals surface area contributed by atoms with Crippen LogP contribution in [0.3, 0.4) is 0 Å². The number of carboxylic acids is 1. The SMILES string of the molecule is CCN(CC)C(=O)Cn1nnc2c(C(=O)O)cccc21. The Labute approximate surface area is 115 Å². The van der Waals surface area contributed by atoms with Crippen molar-refractivity contribution in [2.45, 2.75) is 20.4 Å². The average molecular weight is 276 g/mol. The van der Waals surface area contributed by atoms with Crippen LogP contribution in [0.1, 0.15) is 24.2 Å². The largest absolute Gasteiger partial charge is 0.478 e. The van der Waals surface area contributed by atoms with Gasteiger partial charge in [-0.05, 0) is 26.0 Å². The minimum atomic E-state index is -1.06. The van der Waals surface area contributed by atoms with Crippen molar-refractivity contribution in [3.8, 4) is 0 Å². The molecule has 7 nitrogen and oxygen atoms in total. The van der Waals surface area contributed by atoms with Crippen LogP contribution in [0.5, 0.6) is 0 Å². The predicted molar refractivity (Wildman–Crippen MR) is 72.4 cm³/mol. The van der Waals surface area contributed by atoms with E-state index in [1.165, 1.54) is 10.7 Å². The Bertz CT molecular complexity index is 646. The van der Waals surface area contributed by atoms with Crippen molar-refractivity contribution in [2.24, 2.45) is 0 Å². The van der Waals surface area contributed by atoms with Gasteiger partial charge < -0.3 is 10.0 Å². The number of amides is 1. The summed E-state index contributed by atoms with van der Waals surface area (Å²) in [5.41, 5.74) is 0.932. The molecule has 106 valence electrons. The summed E-state index contributed by atoms with van der Waals surface area (Å²) in [6, 6.07) is 4.79. The number of hydrogen-bond acceptors (Lipinski definition) is 4. The number of aromatic carboxylic acids is 1. The lowest BCUT2D eigenvalue weighted by atomic mass is 10.2. The van der Waals surface area contributed by atoms with Gasteiger partial charge in [-0.3, -0.25) is 4.79 Å². The Balaban J connectivity index is 2.35. The fourth-order valence-corrected chi connectivity index (χ4v) is 2.09. The molecule has 1 aromatic heterocycles. The Morgan fingerprint density at radius 3 is 2.60 bits per heavy atom. The highest BCUT2D eigenvalue weighted by Crippen LogP contribution is 2.16. The quantitative estimate of drug-likeness (QED) is 0.880. The van der Waals surface area contributed by atoms with Crippen molar-refractivity contribution in [2.75, 3.05) is 13.1 Å². The molecule has 0 atom stereocenters. The van der Waals surface area contributed by atoms with E-state index in [-0.39, 0.29) is 18.0 Å². The number of benzene rings is 1. The second-order valence-electron chi connectivity index (χ2n) is 4.29. The zero-order valence-corrected chi connectivity index (χ0v) is 11.4. The number of rotatable bonds is 5. The van der Waals surface area contributed by atoms with Crippen LogP contribution in [0.2, 0.25) is 0 Å². The minimum Gasteiger partial charge on any atom is -0.478 e. The number of hydrogen-bond donors (Lipinski definition) is 1. The average Bonchev–Trinajstić information content (AvgIpc) is 2.83. The first-order valence-corrected chi connectivity index (χ1v) is 6.41. The molecule has 0 radical (unpaired) electrons. The van der Waals surface area contributed by atoms with Crippen molar-refractivity contribution in [1.82, 2.24) is 19.9 Å². The maximum Gasteiger partial charge on any atom is 0.338 e. The highest BCUT2D eigenvalue weighted by molar-refractivity contribution is 6.00. The lowest BCUT2D eigenvalue weighted by molar-refractivity contribution is -0.131. The van der Waals surface area contributed by atoms with Crippen molar-refractivity contribution in [1.29, 1.82) is 0 Å². The van der Waals surface area contributed by atoms with E-state index in [1.54, 1.807) is 17.0 Å². The van der Waals surface area contributed by atoms with Gasteiger partial charge in [-0.1, -0.05) is 11.3 Å². The molecule has 0 aliphatic carbocycles. The first kappa shape index (κ1) is 14.0. The van der Waals surface area contributed by atoms with Gasteiger partial charge in [0.05, 0.1) is 11.1 Å². The molecule has 0 aliphatic heterocycles. The van der Waals surface area contributed by atoms with E-state index in [1.807, 2.05) is 13.8 Å². The van der Waals surface area contributed by atoms with Gasteiger partial charge in [0.2, 0.25) is 5.91 Å². The third-order valence-electron chi connectivity index (χ3n) is 3.18. The molecular weight excluding hydrogens is 260 g/mol. The maximum atomic E-state index is 12.1. The highest BCUT2D eigenvalue weighted by atomic mass is 16.4. The van der Waals surface area contributed by atoms with Gasteiger partial charge >= 0.3 is 5.97 Å². The van der Waals surface area contributed by atoms with Gasteiger partial charge in [-0.2, -0.15) is 0 Å². The number of fused-ring (bicyclic) bond motifs is 1. The van der Waals surface area contributed by atoms with Crippen LogP contribution >= 0.6 is 0 Å². The minimum absolute atomic E-state index is 0.0568. The molecule has 1 N–H and O–H groups in total. The molecule has 1 heterocycles. The van der Waals surface area contributed by atoms with Crippen LogP contribution in [0.4, 0.5) is 0 Å². The first-order valence-electron chi connectivity index (χ1n) is 6.41. The molecule has 0 unspecified atom stereocenters. The molecule has 2 aromatic rings. The molecule has 0 spiro atoms. The third-order valence-corrected chi connectivity index (χ3v) is 3.18. The number of carboxylic acid groups (broad SMARTS) is 1. The summed E-state index contributed by atoms with van der Waals surface area (Å²) in [6.07, 6.45) is 0. The molecule has 0 aliphatic rings. The zero-order chi connectivity index (χ0) is 14.7.